The van der Waals surface area contributed by atoms with Crippen LogP contribution in [0, 0.1) is 5.92 Å². The summed E-state index contributed by atoms with van der Waals surface area (Å²) < 4.78 is 10.6. The van der Waals surface area contributed by atoms with Gasteiger partial charge in [-0.1, -0.05) is 24.3 Å². The lowest BCUT2D eigenvalue weighted by molar-refractivity contribution is -0.151. The van der Waals surface area contributed by atoms with Crippen LogP contribution in [0.2, 0.25) is 0 Å². The van der Waals surface area contributed by atoms with Crippen LogP contribution < -0.4 is 4.74 Å². The molecule has 4 nitrogen and oxygen atoms in total. The molecule has 130 valence electrons. The average molecular weight is 356 g/mol. The summed E-state index contributed by atoms with van der Waals surface area (Å²) >= 11 is 1.59. The molecule has 1 aliphatic carbocycles. The Labute approximate surface area is 151 Å². The van der Waals surface area contributed by atoms with Crippen LogP contribution in [0.5, 0.6) is 5.75 Å². The summed E-state index contributed by atoms with van der Waals surface area (Å²) in [5, 5.41) is 1.98. The highest BCUT2D eigenvalue weighted by molar-refractivity contribution is 7.11. The van der Waals surface area contributed by atoms with Crippen LogP contribution in [0.25, 0.3) is 5.57 Å². The van der Waals surface area contributed by atoms with Crippen LogP contribution in [-0.2, 0) is 14.3 Å². The minimum Gasteiger partial charge on any atom is -0.496 e. The summed E-state index contributed by atoms with van der Waals surface area (Å²) in [6.45, 7) is 2.00. The van der Waals surface area contributed by atoms with Gasteiger partial charge in [-0.2, -0.15) is 0 Å². The summed E-state index contributed by atoms with van der Waals surface area (Å²) in [4.78, 5) is 26.3. The zero-order chi connectivity index (χ0) is 17.8. The van der Waals surface area contributed by atoms with Gasteiger partial charge in [0.15, 0.2) is 5.78 Å². The first kappa shape index (κ1) is 17.4. The molecular weight excluding hydrogens is 336 g/mol. The zero-order valence-corrected chi connectivity index (χ0v) is 15.0. The number of carbonyl (C=O) groups is 2. The molecular formula is C20H20O4S. The van der Waals surface area contributed by atoms with Crippen LogP contribution in [0.15, 0.2) is 47.9 Å². The van der Waals surface area contributed by atoms with E-state index >= 15 is 0 Å². The van der Waals surface area contributed by atoms with Gasteiger partial charge in [-0.3, -0.25) is 9.59 Å². The molecule has 25 heavy (non-hydrogen) atoms. The number of hydrogen-bond donors (Lipinski definition) is 0. The van der Waals surface area contributed by atoms with Gasteiger partial charge in [0.2, 0.25) is 0 Å². The maximum atomic E-state index is 12.8. The normalized spacial score (nSPS) is 20.1. The molecule has 0 N–H and O–H groups in total. The standard InChI is InChI=1S/C20H20O4S/c1-3-24-20(22)19-15(14-7-4-5-8-17(14)23-2)11-13(12-16(19)21)18-9-6-10-25-18/h4-10,12,15,19H,3,11H2,1-2H3/t15-,19+/m1/s1. The van der Waals surface area contributed by atoms with E-state index in [1.165, 1.54) is 0 Å². The van der Waals surface area contributed by atoms with Gasteiger partial charge in [-0.25, -0.2) is 0 Å². The SMILES string of the molecule is CCOC(=O)[C@@H]1C(=O)C=C(c2cccs2)C[C@@H]1c1ccccc1OC. The van der Waals surface area contributed by atoms with E-state index < -0.39 is 11.9 Å². The number of allylic oxidation sites excluding steroid dienone is 2. The van der Waals surface area contributed by atoms with Gasteiger partial charge < -0.3 is 9.47 Å². The molecule has 0 bridgehead atoms. The molecule has 0 fully saturated rings. The predicted molar refractivity (Wildman–Crippen MR) is 97.8 cm³/mol. The number of esters is 1. The Morgan fingerprint density at radius 1 is 1.24 bits per heavy atom. The number of benzene rings is 1. The topological polar surface area (TPSA) is 52.6 Å². The molecule has 1 aliphatic rings. The fourth-order valence-electron chi connectivity index (χ4n) is 3.28. The number of rotatable bonds is 5. The Bertz CT molecular complexity index is 792. The molecule has 2 aromatic rings. The molecule has 0 saturated carbocycles. The summed E-state index contributed by atoms with van der Waals surface area (Å²) in [5.41, 5.74) is 1.81. The maximum Gasteiger partial charge on any atom is 0.317 e. The highest BCUT2D eigenvalue weighted by atomic mass is 32.1. The van der Waals surface area contributed by atoms with Gasteiger partial charge in [0.05, 0.1) is 13.7 Å². The fraction of sp³-hybridized carbons (Fsp3) is 0.300. The zero-order valence-electron chi connectivity index (χ0n) is 14.2. The number of ketones is 1. The number of thiophene rings is 1. The largest absolute Gasteiger partial charge is 0.496 e. The van der Waals surface area contributed by atoms with Crippen molar-refractivity contribution in [3.8, 4) is 5.75 Å². The van der Waals surface area contributed by atoms with Crippen molar-refractivity contribution in [3.05, 3.63) is 58.3 Å². The lowest BCUT2D eigenvalue weighted by atomic mass is 9.74. The first-order valence-electron chi connectivity index (χ1n) is 8.23. The summed E-state index contributed by atoms with van der Waals surface area (Å²) in [6, 6.07) is 11.5. The Hall–Kier alpha value is -2.40. The van der Waals surface area contributed by atoms with Crippen LogP contribution in [0.1, 0.15) is 29.7 Å². The highest BCUT2D eigenvalue weighted by Gasteiger charge is 2.40. The smallest absolute Gasteiger partial charge is 0.317 e. The average Bonchev–Trinajstić information content (AvgIpc) is 3.15. The summed E-state index contributed by atoms with van der Waals surface area (Å²) in [7, 11) is 1.60. The van der Waals surface area contributed by atoms with Crippen LogP contribution in [0.3, 0.4) is 0 Å². The minimum absolute atomic E-state index is 0.205. The van der Waals surface area contributed by atoms with Crippen LogP contribution in [-0.4, -0.2) is 25.5 Å². The first-order chi connectivity index (χ1) is 12.2. The summed E-state index contributed by atoms with van der Waals surface area (Å²) in [6.07, 6.45) is 2.19. The van der Waals surface area contributed by atoms with Gasteiger partial charge >= 0.3 is 5.97 Å². The van der Waals surface area contributed by atoms with Crippen molar-refractivity contribution < 1.29 is 19.1 Å². The van der Waals surface area contributed by atoms with Crippen molar-refractivity contribution in [1.82, 2.24) is 0 Å². The van der Waals surface area contributed by atoms with E-state index in [0.29, 0.717) is 12.2 Å². The van der Waals surface area contributed by atoms with Crippen molar-refractivity contribution in [2.24, 2.45) is 5.92 Å². The number of para-hydroxylation sites is 1. The van der Waals surface area contributed by atoms with E-state index in [1.807, 2.05) is 41.8 Å². The third-order valence-electron chi connectivity index (χ3n) is 4.38. The quantitative estimate of drug-likeness (QED) is 0.598. The third-order valence-corrected chi connectivity index (χ3v) is 5.33. The van der Waals surface area contributed by atoms with Crippen LogP contribution >= 0.6 is 11.3 Å². The first-order valence-corrected chi connectivity index (χ1v) is 9.11. The molecule has 1 aromatic heterocycles. The van der Waals surface area contributed by atoms with E-state index in [-0.39, 0.29) is 18.3 Å². The maximum absolute atomic E-state index is 12.8. The molecule has 2 atom stereocenters. The lowest BCUT2D eigenvalue weighted by Gasteiger charge is -2.30. The molecule has 0 amide bonds. The Morgan fingerprint density at radius 3 is 2.72 bits per heavy atom. The van der Waals surface area contributed by atoms with E-state index in [1.54, 1.807) is 31.4 Å². The third kappa shape index (κ3) is 3.51. The van der Waals surface area contributed by atoms with E-state index in [2.05, 4.69) is 0 Å². The lowest BCUT2D eigenvalue weighted by Crippen LogP contribution is -2.34. The Balaban J connectivity index is 2.05. The number of carbonyl (C=O) groups excluding carboxylic acids is 2. The molecule has 0 aliphatic heterocycles. The molecule has 0 spiro atoms. The van der Waals surface area contributed by atoms with Crippen LogP contribution in [0.4, 0.5) is 0 Å². The number of ether oxygens (including phenoxy) is 2. The summed E-state index contributed by atoms with van der Waals surface area (Å²) in [5.74, 6) is -1.12. The van der Waals surface area contributed by atoms with Gasteiger partial charge in [0.25, 0.3) is 0 Å². The van der Waals surface area contributed by atoms with Crippen molar-refractivity contribution in [2.45, 2.75) is 19.3 Å². The van der Waals surface area contributed by atoms with E-state index in [0.717, 1.165) is 16.0 Å². The Kier molecular flexibility index (Phi) is 5.34. The predicted octanol–water partition coefficient (Wildman–Crippen LogP) is 4.08. The molecule has 0 saturated heterocycles. The van der Waals surface area contributed by atoms with Gasteiger partial charge in [-0.15, -0.1) is 11.3 Å². The molecule has 0 unspecified atom stereocenters. The molecule has 5 heteroatoms. The second-order valence-corrected chi connectivity index (χ2v) is 6.78. The fourth-order valence-corrected chi connectivity index (χ4v) is 4.04. The van der Waals surface area contributed by atoms with Crippen molar-refractivity contribution in [2.75, 3.05) is 13.7 Å². The van der Waals surface area contributed by atoms with E-state index in [4.69, 9.17) is 9.47 Å². The number of hydrogen-bond acceptors (Lipinski definition) is 5. The van der Waals surface area contributed by atoms with Crippen molar-refractivity contribution in [3.63, 3.8) is 0 Å². The number of methoxy groups -OCH3 is 1. The molecule has 1 aromatic carbocycles. The molecule has 1 heterocycles. The highest BCUT2D eigenvalue weighted by Crippen LogP contribution is 2.43. The second kappa shape index (κ2) is 7.66. The van der Waals surface area contributed by atoms with Crippen molar-refractivity contribution >= 4 is 28.7 Å². The van der Waals surface area contributed by atoms with Gasteiger partial charge in [0.1, 0.15) is 11.7 Å². The second-order valence-electron chi connectivity index (χ2n) is 5.83. The van der Waals surface area contributed by atoms with Gasteiger partial charge in [-0.05, 0) is 48.1 Å². The Morgan fingerprint density at radius 2 is 2.04 bits per heavy atom. The van der Waals surface area contributed by atoms with Crippen molar-refractivity contribution in [1.29, 1.82) is 0 Å². The monoisotopic (exact) mass is 356 g/mol. The molecule has 3 rings (SSSR count). The minimum atomic E-state index is -0.833. The molecule has 0 radical (unpaired) electrons. The van der Waals surface area contributed by atoms with E-state index in [9.17, 15) is 9.59 Å². The van der Waals surface area contributed by atoms with Gasteiger partial charge in [0, 0.05) is 10.8 Å².